The normalized spacial score (nSPS) is 10.9. The predicted molar refractivity (Wildman–Crippen MR) is 121 cm³/mol. The van der Waals surface area contributed by atoms with E-state index in [0.717, 1.165) is 24.8 Å². The van der Waals surface area contributed by atoms with Gasteiger partial charge in [-0.2, -0.15) is 11.3 Å². The molecule has 0 bridgehead atoms. The molecule has 31 heavy (non-hydrogen) atoms. The number of carbonyl (C=O) groups excluding carboxylic acids is 2. The van der Waals surface area contributed by atoms with Gasteiger partial charge < -0.3 is 9.15 Å². The van der Waals surface area contributed by atoms with Gasteiger partial charge in [0.25, 0.3) is 0 Å². The van der Waals surface area contributed by atoms with E-state index in [0.29, 0.717) is 47.1 Å². The Kier molecular flexibility index (Phi) is 8.30. The van der Waals surface area contributed by atoms with Crippen LogP contribution in [-0.4, -0.2) is 40.2 Å². The van der Waals surface area contributed by atoms with Crippen molar-refractivity contribution < 1.29 is 18.7 Å². The Morgan fingerprint density at radius 1 is 1.23 bits per heavy atom. The van der Waals surface area contributed by atoms with Crippen molar-refractivity contribution in [2.45, 2.75) is 52.9 Å². The molecule has 3 aromatic rings. The first-order valence-electron chi connectivity index (χ1n) is 10.3. The monoisotopic (exact) mass is 462 g/mol. The first-order chi connectivity index (χ1) is 15.0. The molecule has 0 saturated heterocycles. The zero-order chi connectivity index (χ0) is 22.2. The van der Waals surface area contributed by atoms with Crippen molar-refractivity contribution in [2.24, 2.45) is 0 Å². The maximum Gasteiger partial charge on any atom is 0.350 e. The predicted octanol–water partition coefficient (Wildman–Crippen LogP) is 4.90. The van der Waals surface area contributed by atoms with Gasteiger partial charge in [0.15, 0.2) is 5.13 Å². The summed E-state index contributed by atoms with van der Waals surface area (Å²) in [6.45, 7) is 6.47. The van der Waals surface area contributed by atoms with Gasteiger partial charge in [-0.15, -0.1) is 10.2 Å². The van der Waals surface area contributed by atoms with E-state index in [1.54, 1.807) is 30.1 Å². The van der Waals surface area contributed by atoms with E-state index in [4.69, 9.17) is 9.15 Å². The number of nitrogens with zero attached hydrogens (tertiary/aromatic N) is 4. The van der Waals surface area contributed by atoms with E-state index in [1.165, 1.54) is 11.3 Å². The van der Waals surface area contributed by atoms with Gasteiger partial charge in [0.05, 0.1) is 12.3 Å². The van der Waals surface area contributed by atoms with E-state index in [-0.39, 0.29) is 12.3 Å². The van der Waals surface area contributed by atoms with E-state index in [9.17, 15) is 9.59 Å². The molecule has 0 fully saturated rings. The van der Waals surface area contributed by atoms with Gasteiger partial charge in [0, 0.05) is 30.3 Å². The highest BCUT2D eigenvalue weighted by molar-refractivity contribution is 7.17. The first kappa shape index (κ1) is 23.1. The number of esters is 1. The van der Waals surface area contributed by atoms with Crippen molar-refractivity contribution in [3.63, 3.8) is 0 Å². The fourth-order valence-corrected chi connectivity index (χ4v) is 4.57. The third-order valence-corrected chi connectivity index (χ3v) is 6.39. The van der Waals surface area contributed by atoms with Gasteiger partial charge in [0.1, 0.15) is 4.88 Å². The van der Waals surface area contributed by atoms with Crippen LogP contribution in [0.3, 0.4) is 0 Å². The average Bonchev–Trinajstić information content (AvgIpc) is 3.50. The number of hydrogen-bond donors (Lipinski definition) is 0. The lowest BCUT2D eigenvalue weighted by molar-refractivity contribution is -0.118. The molecular weight excluding hydrogens is 436 g/mol. The highest BCUT2D eigenvalue weighted by atomic mass is 32.1. The molecule has 0 spiro atoms. The number of amides is 1. The number of thiazole rings is 1. The number of aromatic nitrogens is 3. The van der Waals surface area contributed by atoms with E-state index in [2.05, 4.69) is 22.1 Å². The maximum absolute atomic E-state index is 13.1. The second kappa shape index (κ2) is 11.1. The smallest absolute Gasteiger partial charge is 0.350 e. The lowest BCUT2D eigenvalue weighted by Gasteiger charge is -2.19. The van der Waals surface area contributed by atoms with Crippen molar-refractivity contribution in [3.8, 4) is 11.5 Å². The molecule has 0 N–H and O–H groups in total. The molecule has 3 rings (SSSR count). The summed E-state index contributed by atoms with van der Waals surface area (Å²) in [6.07, 6.45) is 3.46. The lowest BCUT2D eigenvalue weighted by Crippen LogP contribution is -2.32. The molecule has 10 heteroatoms. The van der Waals surface area contributed by atoms with Gasteiger partial charge in [-0.3, -0.25) is 9.69 Å². The molecule has 0 aliphatic heterocycles. The Hall–Kier alpha value is -2.59. The highest BCUT2D eigenvalue weighted by Gasteiger charge is 2.24. The summed E-state index contributed by atoms with van der Waals surface area (Å²) in [4.78, 5) is 31.8. The van der Waals surface area contributed by atoms with Crippen LogP contribution in [0.1, 0.15) is 60.8 Å². The number of unbranched alkanes of at least 4 members (excludes halogenated alkanes) is 2. The molecule has 1 amide bonds. The van der Waals surface area contributed by atoms with Crippen LogP contribution in [0.25, 0.3) is 11.5 Å². The second-order valence-electron chi connectivity index (χ2n) is 6.90. The van der Waals surface area contributed by atoms with E-state index >= 15 is 0 Å². The summed E-state index contributed by atoms with van der Waals surface area (Å²) in [5.74, 6) is 0.385. The largest absolute Gasteiger partial charge is 0.462 e. The topological polar surface area (TPSA) is 98.4 Å². The maximum atomic E-state index is 13.1. The highest BCUT2D eigenvalue weighted by Crippen LogP contribution is 2.28. The van der Waals surface area contributed by atoms with Crippen molar-refractivity contribution in [2.75, 3.05) is 18.1 Å². The summed E-state index contributed by atoms with van der Waals surface area (Å²) in [7, 11) is 0. The summed E-state index contributed by atoms with van der Waals surface area (Å²) >= 11 is 2.75. The number of hydrogen-bond acceptors (Lipinski definition) is 9. The van der Waals surface area contributed by atoms with E-state index in [1.807, 2.05) is 16.8 Å². The van der Waals surface area contributed by atoms with Crippen LogP contribution in [0, 0.1) is 6.92 Å². The number of thiophene rings is 1. The standard InChI is InChI=1S/C21H26N4O4S2/c1-4-6-7-11-25(21-22-14(3)18(31-21)20(27)28-5-2)17(26)9-8-16-23-24-19(29-16)15-10-12-30-13-15/h10,12-13H,4-9,11H2,1-3H3. The number of aryl methyl sites for hydroxylation is 2. The minimum atomic E-state index is -0.406. The van der Waals surface area contributed by atoms with Gasteiger partial charge >= 0.3 is 5.97 Å². The molecule has 0 saturated carbocycles. The first-order valence-corrected chi connectivity index (χ1v) is 12.1. The van der Waals surface area contributed by atoms with Crippen LogP contribution in [0.4, 0.5) is 5.13 Å². The third-order valence-electron chi connectivity index (χ3n) is 4.55. The number of rotatable bonds is 11. The van der Waals surface area contributed by atoms with Crippen LogP contribution < -0.4 is 4.90 Å². The Labute approximate surface area is 189 Å². The van der Waals surface area contributed by atoms with Crippen molar-refractivity contribution in [1.82, 2.24) is 15.2 Å². The molecule has 0 radical (unpaired) electrons. The van der Waals surface area contributed by atoms with E-state index < -0.39 is 5.97 Å². The molecule has 0 aliphatic rings. The molecule has 3 aromatic heterocycles. The zero-order valence-electron chi connectivity index (χ0n) is 17.9. The zero-order valence-corrected chi connectivity index (χ0v) is 19.6. The minimum Gasteiger partial charge on any atom is -0.462 e. The number of carbonyl (C=O) groups is 2. The molecule has 166 valence electrons. The van der Waals surface area contributed by atoms with Gasteiger partial charge in [-0.1, -0.05) is 31.1 Å². The Morgan fingerprint density at radius 2 is 2.06 bits per heavy atom. The fourth-order valence-electron chi connectivity index (χ4n) is 2.94. The quantitative estimate of drug-likeness (QED) is 0.295. The van der Waals surface area contributed by atoms with Crippen LogP contribution in [0.2, 0.25) is 0 Å². The lowest BCUT2D eigenvalue weighted by atomic mass is 10.2. The average molecular weight is 463 g/mol. The van der Waals surface area contributed by atoms with Crippen LogP contribution in [0.15, 0.2) is 21.2 Å². The molecule has 0 aliphatic carbocycles. The molecule has 3 heterocycles. The van der Waals surface area contributed by atoms with Crippen LogP contribution in [-0.2, 0) is 16.0 Å². The minimum absolute atomic E-state index is 0.0875. The molecular formula is C21H26N4O4S2. The molecule has 0 unspecified atom stereocenters. The summed E-state index contributed by atoms with van der Waals surface area (Å²) < 4.78 is 10.8. The third kappa shape index (κ3) is 5.98. The number of ether oxygens (including phenoxy) is 1. The van der Waals surface area contributed by atoms with Crippen molar-refractivity contribution >= 4 is 39.7 Å². The van der Waals surface area contributed by atoms with Crippen molar-refractivity contribution in [1.29, 1.82) is 0 Å². The van der Waals surface area contributed by atoms with Crippen LogP contribution in [0.5, 0.6) is 0 Å². The van der Waals surface area contributed by atoms with Gasteiger partial charge in [0.2, 0.25) is 17.7 Å². The molecule has 0 atom stereocenters. The Balaban J connectivity index is 1.70. The second-order valence-corrected chi connectivity index (χ2v) is 8.65. The SMILES string of the molecule is CCCCCN(C(=O)CCc1nnc(-c2ccsc2)o1)c1nc(C)c(C(=O)OCC)s1. The number of anilines is 1. The van der Waals surface area contributed by atoms with Crippen molar-refractivity contribution in [3.05, 3.63) is 33.3 Å². The Bertz CT molecular complexity index is 997. The van der Waals surface area contributed by atoms with Gasteiger partial charge in [-0.25, -0.2) is 9.78 Å². The van der Waals surface area contributed by atoms with Crippen LogP contribution >= 0.6 is 22.7 Å². The summed E-state index contributed by atoms with van der Waals surface area (Å²) in [6, 6.07) is 1.91. The summed E-state index contributed by atoms with van der Waals surface area (Å²) in [5.41, 5.74) is 1.45. The fraction of sp³-hybridized carbons (Fsp3) is 0.476. The Morgan fingerprint density at radius 3 is 2.77 bits per heavy atom. The molecule has 8 nitrogen and oxygen atoms in total. The summed E-state index contributed by atoms with van der Waals surface area (Å²) in [5, 5.41) is 12.5. The molecule has 0 aromatic carbocycles. The van der Waals surface area contributed by atoms with Gasteiger partial charge in [-0.05, 0) is 31.7 Å².